The largest absolute Gasteiger partial charge is 0.444 e. The number of ether oxygens (including phenoxy) is 1. The number of amides is 1. The minimum Gasteiger partial charge on any atom is -0.444 e. The third-order valence-corrected chi connectivity index (χ3v) is 2.94. The molecule has 0 saturated heterocycles. The van der Waals surface area contributed by atoms with E-state index in [0.29, 0.717) is 5.92 Å². The maximum Gasteiger partial charge on any atom is 0.412 e. The minimum absolute atomic E-state index is 0.414. The van der Waals surface area contributed by atoms with Gasteiger partial charge in [-0.05, 0) is 44.9 Å². The molecule has 0 aliphatic rings. The molecule has 108 valence electrons. The summed E-state index contributed by atoms with van der Waals surface area (Å²) in [6.07, 6.45) is -0.433. The molecule has 4 heteroatoms. The molecule has 0 saturated carbocycles. The van der Waals surface area contributed by atoms with E-state index in [0.717, 1.165) is 22.3 Å². The second kappa shape index (κ2) is 5.19. The SMILES string of the molecule is CC(C)c1cc2c(NC(=O)OC(C)(C)C)cccc2[nH]1. The molecule has 0 fully saturated rings. The Labute approximate surface area is 119 Å². The Morgan fingerprint density at radius 1 is 1.30 bits per heavy atom. The summed E-state index contributed by atoms with van der Waals surface area (Å²) in [6, 6.07) is 7.87. The lowest BCUT2D eigenvalue weighted by molar-refractivity contribution is 0.0636. The van der Waals surface area contributed by atoms with Gasteiger partial charge in [-0.25, -0.2) is 4.79 Å². The van der Waals surface area contributed by atoms with Crippen LogP contribution in [0.5, 0.6) is 0 Å². The molecule has 2 rings (SSSR count). The second-order valence-corrected chi connectivity index (χ2v) is 6.27. The van der Waals surface area contributed by atoms with Gasteiger partial charge in [0.05, 0.1) is 5.69 Å². The van der Waals surface area contributed by atoms with Gasteiger partial charge >= 0.3 is 6.09 Å². The maximum atomic E-state index is 11.9. The van der Waals surface area contributed by atoms with Crippen LogP contribution in [0.2, 0.25) is 0 Å². The number of rotatable bonds is 2. The Balaban J connectivity index is 2.28. The predicted octanol–water partition coefficient (Wildman–Crippen LogP) is 4.64. The highest BCUT2D eigenvalue weighted by molar-refractivity contribution is 5.99. The van der Waals surface area contributed by atoms with Gasteiger partial charge in [-0.1, -0.05) is 19.9 Å². The van der Waals surface area contributed by atoms with Crippen LogP contribution < -0.4 is 5.32 Å². The summed E-state index contributed by atoms with van der Waals surface area (Å²) >= 11 is 0. The number of benzene rings is 1. The molecule has 1 heterocycles. The molecule has 1 aromatic carbocycles. The van der Waals surface area contributed by atoms with Crippen molar-refractivity contribution >= 4 is 22.7 Å². The van der Waals surface area contributed by atoms with E-state index in [-0.39, 0.29) is 0 Å². The summed E-state index contributed by atoms with van der Waals surface area (Å²) < 4.78 is 5.28. The van der Waals surface area contributed by atoms with Crippen LogP contribution in [0.4, 0.5) is 10.5 Å². The first-order valence-electron chi connectivity index (χ1n) is 6.88. The molecule has 0 aliphatic carbocycles. The highest BCUT2D eigenvalue weighted by atomic mass is 16.6. The van der Waals surface area contributed by atoms with Crippen molar-refractivity contribution in [3.05, 3.63) is 30.0 Å². The molecule has 0 radical (unpaired) electrons. The van der Waals surface area contributed by atoms with Crippen molar-refractivity contribution in [3.8, 4) is 0 Å². The Hall–Kier alpha value is -1.97. The number of carbonyl (C=O) groups excluding carboxylic acids is 1. The number of aromatic nitrogens is 1. The van der Waals surface area contributed by atoms with Gasteiger partial charge in [-0.15, -0.1) is 0 Å². The average Bonchev–Trinajstić information content (AvgIpc) is 2.71. The van der Waals surface area contributed by atoms with Crippen molar-refractivity contribution in [3.63, 3.8) is 0 Å². The zero-order chi connectivity index (χ0) is 14.9. The lowest BCUT2D eigenvalue weighted by Crippen LogP contribution is -2.27. The summed E-state index contributed by atoms with van der Waals surface area (Å²) in [5, 5.41) is 3.81. The van der Waals surface area contributed by atoms with E-state index in [2.05, 4.69) is 30.2 Å². The van der Waals surface area contributed by atoms with Crippen molar-refractivity contribution in [2.24, 2.45) is 0 Å². The van der Waals surface area contributed by atoms with Crippen molar-refractivity contribution in [2.75, 3.05) is 5.32 Å². The second-order valence-electron chi connectivity index (χ2n) is 6.27. The lowest BCUT2D eigenvalue weighted by Gasteiger charge is -2.19. The van der Waals surface area contributed by atoms with E-state index in [1.165, 1.54) is 0 Å². The van der Waals surface area contributed by atoms with E-state index in [1.54, 1.807) is 0 Å². The van der Waals surface area contributed by atoms with Crippen LogP contribution in [0.1, 0.15) is 46.2 Å². The van der Waals surface area contributed by atoms with Gasteiger partial charge in [0.15, 0.2) is 0 Å². The Bertz CT molecular complexity index is 621. The van der Waals surface area contributed by atoms with Gasteiger partial charge in [0, 0.05) is 16.6 Å². The van der Waals surface area contributed by atoms with Crippen LogP contribution in [0, 0.1) is 0 Å². The van der Waals surface area contributed by atoms with Gasteiger partial charge < -0.3 is 9.72 Å². The summed E-state index contributed by atoms with van der Waals surface area (Å²) in [4.78, 5) is 15.2. The van der Waals surface area contributed by atoms with Crippen LogP contribution in [0.15, 0.2) is 24.3 Å². The zero-order valence-electron chi connectivity index (χ0n) is 12.7. The highest BCUT2D eigenvalue weighted by Gasteiger charge is 2.17. The Morgan fingerprint density at radius 2 is 2.00 bits per heavy atom. The molecule has 0 aliphatic heterocycles. The number of H-pyrrole nitrogens is 1. The average molecular weight is 274 g/mol. The molecule has 2 N–H and O–H groups in total. The van der Waals surface area contributed by atoms with Gasteiger partial charge in [0.1, 0.15) is 5.60 Å². The van der Waals surface area contributed by atoms with Crippen LogP contribution in [-0.2, 0) is 4.74 Å². The molecule has 0 bridgehead atoms. The molecule has 20 heavy (non-hydrogen) atoms. The number of aromatic amines is 1. The number of carbonyl (C=O) groups is 1. The summed E-state index contributed by atoms with van der Waals surface area (Å²) in [7, 11) is 0. The molecular weight excluding hydrogens is 252 g/mol. The van der Waals surface area contributed by atoms with Crippen LogP contribution in [0.3, 0.4) is 0 Å². The normalized spacial score (nSPS) is 11.9. The van der Waals surface area contributed by atoms with Crippen molar-refractivity contribution in [1.29, 1.82) is 0 Å². The highest BCUT2D eigenvalue weighted by Crippen LogP contribution is 2.27. The first-order valence-corrected chi connectivity index (χ1v) is 6.88. The van der Waals surface area contributed by atoms with Crippen molar-refractivity contribution < 1.29 is 9.53 Å². The maximum absolute atomic E-state index is 11.9. The molecule has 4 nitrogen and oxygen atoms in total. The van der Waals surface area contributed by atoms with E-state index >= 15 is 0 Å². The number of hydrogen-bond donors (Lipinski definition) is 2. The minimum atomic E-state index is -0.501. The predicted molar refractivity (Wildman–Crippen MR) is 82.2 cm³/mol. The quantitative estimate of drug-likeness (QED) is 0.838. The molecule has 1 amide bonds. The van der Waals surface area contributed by atoms with Crippen LogP contribution >= 0.6 is 0 Å². The summed E-state index contributed by atoms with van der Waals surface area (Å²) in [5.41, 5.74) is 2.43. The standard InChI is InChI=1S/C16H22N2O2/c1-10(2)14-9-11-12(17-14)7-6-8-13(11)18-15(19)20-16(3,4)5/h6-10,17H,1-5H3,(H,18,19). The van der Waals surface area contributed by atoms with Crippen LogP contribution in [0.25, 0.3) is 10.9 Å². The van der Waals surface area contributed by atoms with E-state index in [9.17, 15) is 4.79 Å². The molecule has 1 aromatic heterocycles. The Morgan fingerprint density at radius 3 is 2.60 bits per heavy atom. The summed E-state index contributed by atoms with van der Waals surface area (Å²) in [6.45, 7) is 9.80. The Kier molecular flexibility index (Phi) is 3.75. The van der Waals surface area contributed by atoms with Gasteiger partial charge in [-0.3, -0.25) is 5.32 Å². The molecular formula is C16H22N2O2. The number of anilines is 1. The van der Waals surface area contributed by atoms with Gasteiger partial charge in [-0.2, -0.15) is 0 Å². The molecule has 0 unspecified atom stereocenters. The van der Waals surface area contributed by atoms with Crippen LogP contribution in [-0.4, -0.2) is 16.7 Å². The lowest BCUT2D eigenvalue weighted by atomic mass is 10.1. The topological polar surface area (TPSA) is 54.1 Å². The monoisotopic (exact) mass is 274 g/mol. The fourth-order valence-corrected chi connectivity index (χ4v) is 2.01. The molecule has 0 spiro atoms. The molecule has 0 atom stereocenters. The fraction of sp³-hybridized carbons (Fsp3) is 0.438. The molecule has 2 aromatic rings. The first kappa shape index (κ1) is 14.4. The number of hydrogen-bond acceptors (Lipinski definition) is 2. The zero-order valence-corrected chi connectivity index (χ0v) is 12.7. The first-order chi connectivity index (χ1) is 9.26. The number of fused-ring (bicyclic) bond motifs is 1. The fourth-order valence-electron chi connectivity index (χ4n) is 2.01. The smallest absolute Gasteiger partial charge is 0.412 e. The van der Waals surface area contributed by atoms with Crippen molar-refractivity contribution in [1.82, 2.24) is 4.98 Å². The third-order valence-electron chi connectivity index (χ3n) is 2.94. The summed E-state index contributed by atoms with van der Waals surface area (Å²) in [5.74, 6) is 0.414. The van der Waals surface area contributed by atoms with Gasteiger partial charge in [0.25, 0.3) is 0 Å². The van der Waals surface area contributed by atoms with Gasteiger partial charge in [0.2, 0.25) is 0 Å². The van der Waals surface area contributed by atoms with Crippen molar-refractivity contribution in [2.45, 2.75) is 46.1 Å². The van der Waals surface area contributed by atoms with E-state index in [4.69, 9.17) is 4.74 Å². The number of nitrogens with one attached hydrogen (secondary N) is 2. The van der Waals surface area contributed by atoms with E-state index in [1.807, 2.05) is 39.0 Å². The van der Waals surface area contributed by atoms with E-state index < -0.39 is 11.7 Å². The third kappa shape index (κ3) is 3.32.